The molecule has 3 N–H and O–H groups in total. The molecule has 4 rings (SSSR count). The summed E-state index contributed by atoms with van der Waals surface area (Å²) in [5.74, 6) is -1.53. The number of carbonyl (C=O) groups is 3. The summed E-state index contributed by atoms with van der Waals surface area (Å²) in [6.45, 7) is 3.81. The van der Waals surface area contributed by atoms with Gasteiger partial charge in [0.15, 0.2) is 0 Å². The average molecular weight is 560 g/mol. The molecule has 0 saturated heterocycles. The van der Waals surface area contributed by atoms with Crippen molar-refractivity contribution in [2.45, 2.75) is 38.0 Å². The highest BCUT2D eigenvalue weighted by Crippen LogP contribution is 2.40. The van der Waals surface area contributed by atoms with Gasteiger partial charge in [0.1, 0.15) is 10.8 Å². The maximum Gasteiger partial charge on any atom is 0.414 e. The highest BCUT2D eigenvalue weighted by atomic mass is 32.2. The van der Waals surface area contributed by atoms with E-state index >= 15 is 0 Å². The number of fused-ring (bicyclic) bond motifs is 1. The number of imide groups is 1. The smallest absolute Gasteiger partial charge is 0.414 e. The summed E-state index contributed by atoms with van der Waals surface area (Å²) < 4.78 is 46.2. The standard InChI is InChI=1S/C26H26FN3O6S2/c1-3-36-26(33)29-24(32)22-19-13-8-15(2)14-21(19)37-25(22)28-23(31)18-6-4-5-7-20(18)30-38(34,35)17-11-9-16(27)10-12-17/h4-7,9-12,15,30H,3,8,13-14H2,1-2H3,(H,28,31)(H,29,32,33). The van der Waals surface area contributed by atoms with Gasteiger partial charge in [-0.3, -0.25) is 19.6 Å². The molecule has 3 amide bonds. The first-order chi connectivity index (χ1) is 18.1. The van der Waals surface area contributed by atoms with Crippen LogP contribution in [0, 0.1) is 11.7 Å². The van der Waals surface area contributed by atoms with E-state index in [0.29, 0.717) is 12.3 Å². The van der Waals surface area contributed by atoms with Crippen molar-refractivity contribution < 1.29 is 31.9 Å². The zero-order chi connectivity index (χ0) is 27.4. The minimum Gasteiger partial charge on any atom is -0.450 e. The normalized spacial score (nSPS) is 14.8. The van der Waals surface area contributed by atoms with Gasteiger partial charge in [0.2, 0.25) is 0 Å². The van der Waals surface area contributed by atoms with Crippen molar-refractivity contribution in [2.75, 3.05) is 16.6 Å². The molecule has 1 atom stereocenters. The van der Waals surface area contributed by atoms with Gasteiger partial charge in [0, 0.05) is 4.88 Å². The van der Waals surface area contributed by atoms with Gasteiger partial charge >= 0.3 is 6.09 Å². The van der Waals surface area contributed by atoms with Crippen molar-refractivity contribution in [1.82, 2.24) is 5.32 Å². The minimum absolute atomic E-state index is 0.00166. The molecule has 0 aliphatic heterocycles. The molecular weight excluding hydrogens is 533 g/mol. The van der Waals surface area contributed by atoms with Crippen molar-refractivity contribution in [3.05, 3.63) is 75.9 Å². The van der Waals surface area contributed by atoms with Gasteiger partial charge in [-0.1, -0.05) is 19.1 Å². The van der Waals surface area contributed by atoms with Crippen LogP contribution in [0.15, 0.2) is 53.4 Å². The van der Waals surface area contributed by atoms with Gasteiger partial charge < -0.3 is 10.1 Å². The molecule has 0 saturated carbocycles. The molecule has 1 unspecified atom stereocenters. The third-order valence-corrected chi connectivity index (χ3v) is 8.55. The summed E-state index contributed by atoms with van der Waals surface area (Å²) in [7, 11) is -4.12. The molecule has 1 aliphatic rings. The first-order valence-corrected chi connectivity index (χ1v) is 14.2. The van der Waals surface area contributed by atoms with E-state index in [0.717, 1.165) is 47.5 Å². The molecule has 0 spiro atoms. The number of alkyl carbamates (subject to hydrolysis) is 1. The molecule has 0 fully saturated rings. The van der Waals surface area contributed by atoms with Crippen molar-refractivity contribution in [1.29, 1.82) is 0 Å². The van der Waals surface area contributed by atoms with E-state index < -0.39 is 33.7 Å². The molecule has 2 aromatic carbocycles. The van der Waals surface area contributed by atoms with E-state index in [1.165, 1.54) is 23.5 Å². The Bertz CT molecular complexity index is 1490. The molecule has 1 aliphatic carbocycles. The number of rotatable bonds is 7. The molecule has 0 radical (unpaired) electrons. The lowest BCUT2D eigenvalue weighted by molar-refractivity contribution is 0.0925. The van der Waals surface area contributed by atoms with Crippen LogP contribution in [0.2, 0.25) is 0 Å². The number of hydrogen-bond donors (Lipinski definition) is 3. The van der Waals surface area contributed by atoms with E-state index in [4.69, 9.17) is 4.74 Å². The molecule has 0 bridgehead atoms. The Kier molecular flexibility index (Phi) is 8.12. The Labute approximate surface area is 223 Å². The van der Waals surface area contributed by atoms with Crippen molar-refractivity contribution in [3.8, 4) is 0 Å². The maximum absolute atomic E-state index is 13.4. The Morgan fingerprint density at radius 1 is 1.08 bits per heavy atom. The Morgan fingerprint density at radius 3 is 2.50 bits per heavy atom. The third kappa shape index (κ3) is 6.03. The molecule has 12 heteroatoms. The fourth-order valence-electron chi connectivity index (χ4n) is 4.16. The van der Waals surface area contributed by atoms with E-state index in [1.54, 1.807) is 19.1 Å². The largest absolute Gasteiger partial charge is 0.450 e. The monoisotopic (exact) mass is 559 g/mol. The predicted octanol–water partition coefficient (Wildman–Crippen LogP) is 4.95. The number of anilines is 2. The summed E-state index contributed by atoms with van der Waals surface area (Å²) in [5, 5.41) is 5.20. The van der Waals surface area contributed by atoms with Crippen LogP contribution in [-0.2, 0) is 27.6 Å². The second-order valence-electron chi connectivity index (χ2n) is 8.79. The summed E-state index contributed by atoms with van der Waals surface area (Å²) in [6, 6.07) is 10.3. The summed E-state index contributed by atoms with van der Waals surface area (Å²) >= 11 is 1.26. The zero-order valence-electron chi connectivity index (χ0n) is 20.7. The van der Waals surface area contributed by atoms with Crippen molar-refractivity contribution in [3.63, 3.8) is 0 Å². The Balaban J connectivity index is 1.64. The molecule has 3 aromatic rings. The van der Waals surface area contributed by atoms with Crippen molar-refractivity contribution >= 4 is 50.0 Å². The Morgan fingerprint density at radius 2 is 1.79 bits per heavy atom. The fraction of sp³-hybridized carbons (Fsp3) is 0.269. The van der Waals surface area contributed by atoms with Crippen LogP contribution in [0.5, 0.6) is 0 Å². The number of benzene rings is 2. The van der Waals surface area contributed by atoms with E-state index in [2.05, 4.69) is 22.3 Å². The van der Waals surface area contributed by atoms with E-state index in [9.17, 15) is 27.2 Å². The van der Waals surface area contributed by atoms with Gasteiger partial charge in [-0.05, 0) is 74.1 Å². The Hall–Kier alpha value is -3.77. The summed E-state index contributed by atoms with van der Waals surface area (Å²) in [6.07, 6.45) is 1.30. The van der Waals surface area contributed by atoms with Crippen LogP contribution in [0.1, 0.15) is 51.4 Å². The molecule has 9 nitrogen and oxygen atoms in total. The third-order valence-electron chi connectivity index (χ3n) is 6.00. The highest BCUT2D eigenvalue weighted by Gasteiger charge is 2.30. The predicted molar refractivity (Wildman–Crippen MR) is 142 cm³/mol. The van der Waals surface area contributed by atoms with Gasteiger partial charge in [0.25, 0.3) is 21.8 Å². The number of hydrogen-bond acceptors (Lipinski definition) is 7. The van der Waals surface area contributed by atoms with E-state index in [1.807, 2.05) is 0 Å². The second-order valence-corrected chi connectivity index (χ2v) is 11.6. The fourth-order valence-corrected chi connectivity index (χ4v) is 6.64. The number of thiophene rings is 1. The van der Waals surface area contributed by atoms with E-state index in [-0.39, 0.29) is 33.3 Å². The first-order valence-electron chi connectivity index (χ1n) is 11.9. The van der Waals surface area contributed by atoms with Crippen LogP contribution in [-0.4, -0.2) is 32.9 Å². The minimum atomic E-state index is -4.12. The lowest BCUT2D eigenvalue weighted by Gasteiger charge is -2.18. The topological polar surface area (TPSA) is 131 Å². The zero-order valence-corrected chi connectivity index (χ0v) is 22.3. The second kappa shape index (κ2) is 11.3. The van der Waals surface area contributed by atoms with Gasteiger partial charge in [-0.15, -0.1) is 11.3 Å². The SMILES string of the molecule is CCOC(=O)NC(=O)c1c(NC(=O)c2ccccc2NS(=O)(=O)c2ccc(F)cc2)sc2c1CCC(C)C2. The number of nitrogens with one attached hydrogen (secondary N) is 3. The van der Waals surface area contributed by atoms with Crippen LogP contribution in [0.25, 0.3) is 0 Å². The lowest BCUT2D eigenvalue weighted by Crippen LogP contribution is -2.32. The van der Waals surface area contributed by atoms with Crippen LogP contribution < -0.4 is 15.4 Å². The van der Waals surface area contributed by atoms with Gasteiger partial charge in [0.05, 0.1) is 28.3 Å². The van der Waals surface area contributed by atoms with Gasteiger partial charge in [-0.25, -0.2) is 17.6 Å². The molecule has 1 heterocycles. The molecule has 200 valence electrons. The number of amides is 3. The molecular formula is C26H26FN3O6S2. The number of ether oxygens (including phenoxy) is 1. The van der Waals surface area contributed by atoms with Gasteiger partial charge in [-0.2, -0.15) is 0 Å². The molecule has 38 heavy (non-hydrogen) atoms. The van der Waals surface area contributed by atoms with Crippen molar-refractivity contribution in [2.24, 2.45) is 5.92 Å². The van der Waals surface area contributed by atoms with Crippen LogP contribution in [0.4, 0.5) is 19.9 Å². The number of halogens is 1. The lowest BCUT2D eigenvalue weighted by atomic mass is 9.88. The first kappa shape index (κ1) is 27.3. The number of sulfonamides is 1. The molecule has 1 aromatic heterocycles. The number of carbonyl (C=O) groups excluding carboxylic acids is 3. The van der Waals surface area contributed by atoms with Crippen LogP contribution in [0.3, 0.4) is 0 Å². The average Bonchev–Trinajstić information content (AvgIpc) is 3.21. The summed E-state index contributed by atoms with van der Waals surface area (Å²) in [4.78, 5) is 39.1. The summed E-state index contributed by atoms with van der Waals surface area (Å²) in [5.41, 5.74) is 0.981. The quantitative estimate of drug-likeness (QED) is 0.375. The number of para-hydroxylation sites is 1. The highest BCUT2D eigenvalue weighted by molar-refractivity contribution is 7.92. The van der Waals surface area contributed by atoms with Crippen LogP contribution >= 0.6 is 11.3 Å². The maximum atomic E-state index is 13.4.